The van der Waals surface area contributed by atoms with E-state index in [1.54, 1.807) is 31.4 Å². The molecule has 0 radical (unpaired) electrons. The van der Waals surface area contributed by atoms with E-state index >= 15 is 0 Å². The molecule has 2 aromatic rings. The average molecular weight is 232 g/mol. The highest BCUT2D eigenvalue weighted by Gasteiger charge is 2.19. The van der Waals surface area contributed by atoms with Crippen molar-refractivity contribution >= 4 is 17.8 Å². The molecule has 0 aliphatic rings. The minimum absolute atomic E-state index is 0.289. The molecule has 0 saturated carbocycles. The van der Waals surface area contributed by atoms with Crippen molar-refractivity contribution in [2.75, 3.05) is 7.11 Å². The molecule has 0 saturated heterocycles. The molecule has 0 spiro atoms. The third-order valence-electron chi connectivity index (χ3n) is 2.58. The van der Waals surface area contributed by atoms with E-state index in [0.717, 1.165) is 10.9 Å². The Morgan fingerprint density at radius 1 is 0.765 bits per heavy atom. The molecule has 0 amide bonds. The average Bonchev–Trinajstić information content (AvgIpc) is 2.35. The van der Waals surface area contributed by atoms with Crippen LogP contribution in [0.1, 0.15) is 0 Å². The lowest BCUT2D eigenvalue weighted by Crippen LogP contribution is -2.44. The summed E-state index contributed by atoms with van der Waals surface area (Å²) in [6.07, 6.45) is 0. The molecule has 1 nitrogen and oxygen atoms in total. The van der Waals surface area contributed by atoms with Gasteiger partial charge in [0.15, 0.2) is 0 Å². The van der Waals surface area contributed by atoms with E-state index in [-0.39, 0.29) is 18.6 Å². The lowest BCUT2D eigenvalue weighted by atomic mass is 9.55. The van der Waals surface area contributed by atoms with Crippen LogP contribution in [0.2, 0.25) is 0 Å². The summed E-state index contributed by atoms with van der Waals surface area (Å²) < 4.78 is 31.0. The van der Waals surface area contributed by atoms with Gasteiger partial charge in [0.25, 0.3) is 0 Å². The first-order chi connectivity index (χ1) is 8.20. The minimum atomic E-state index is -0.309. The Morgan fingerprint density at radius 2 is 1.12 bits per heavy atom. The zero-order chi connectivity index (χ0) is 12.3. The second-order valence-electron chi connectivity index (χ2n) is 3.72. The van der Waals surface area contributed by atoms with Crippen LogP contribution in [-0.4, -0.2) is 14.0 Å². The second kappa shape index (κ2) is 5.10. The normalized spacial score (nSPS) is 10.3. The lowest BCUT2D eigenvalue weighted by Gasteiger charge is -2.11. The molecule has 0 heterocycles. The Bertz CT molecular complexity index is 436. The van der Waals surface area contributed by atoms with Crippen LogP contribution in [0, 0.1) is 11.6 Å². The van der Waals surface area contributed by atoms with Crippen molar-refractivity contribution in [2.24, 2.45) is 0 Å². The molecule has 17 heavy (non-hydrogen) atoms. The molecule has 0 aromatic heterocycles. The molecule has 86 valence electrons. The monoisotopic (exact) mass is 232 g/mol. The van der Waals surface area contributed by atoms with E-state index in [1.807, 2.05) is 0 Å². The first kappa shape index (κ1) is 11.8. The van der Waals surface area contributed by atoms with Gasteiger partial charge in [0, 0.05) is 7.11 Å². The van der Waals surface area contributed by atoms with E-state index in [9.17, 15) is 8.78 Å². The summed E-state index contributed by atoms with van der Waals surface area (Å²) in [6.45, 7) is -0.309. The van der Waals surface area contributed by atoms with Crippen LogP contribution in [0.15, 0.2) is 48.5 Å². The SMILES string of the molecule is COB(c1ccc(F)cc1)c1ccc(F)cc1. The van der Waals surface area contributed by atoms with Crippen molar-refractivity contribution in [3.05, 3.63) is 60.2 Å². The largest absolute Gasteiger partial charge is 0.430 e. The van der Waals surface area contributed by atoms with E-state index in [4.69, 9.17) is 4.65 Å². The van der Waals surface area contributed by atoms with Crippen LogP contribution in [0.3, 0.4) is 0 Å². The van der Waals surface area contributed by atoms with Gasteiger partial charge in [0.1, 0.15) is 11.6 Å². The summed E-state index contributed by atoms with van der Waals surface area (Å²) >= 11 is 0. The molecular weight excluding hydrogens is 221 g/mol. The molecule has 4 heteroatoms. The van der Waals surface area contributed by atoms with E-state index in [1.165, 1.54) is 24.3 Å². The van der Waals surface area contributed by atoms with E-state index in [2.05, 4.69) is 0 Å². The van der Waals surface area contributed by atoms with Crippen LogP contribution in [-0.2, 0) is 4.65 Å². The van der Waals surface area contributed by atoms with Gasteiger partial charge in [-0.1, -0.05) is 24.3 Å². The third-order valence-corrected chi connectivity index (χ3v) is 2.58. The Morgan fingerprint density at radius 3 is 1.41 bits per heavy atom. The highest BCUT2D eigenvalue weighted by atomic mass is 19.1. The number of rotatable bonds is 3. The molecule has 0 aliphatic carbocycles. The predicted molar refractivity (Wildman–Crippen MR) is 64.8 cm³/mol. The number of hydrogen-bond donors (Lipinski definition) is 0. The zero-order valence-electron chi connectivity index (χ0n) is 9.36. The molecule has 0 fully saturated rings. The lowest BCUT2D eigenvalue weighted by molar-refractivity contribution is 0.439. The molecule has 0 atom stereocenters. The van der Waals surface area contributed by atoms with Gasteiger partial charge in [-0.3, -0.25) is 0 Å². The molecule has 2 aromatic carbocycles. The van der Waals surface area contributed by atoms with Gasteiger partial charge >= 0.3 is 6.92 Å². The fourth-order valence-corrected chi connectivity index (χ4v) is 1.74. The summed E-state index contributed by atoms with van der Waals surface area (Å²) in [5.74, 6) is -0.578. The van der Waals surface area contributed by atoms with Crippen LogP contribution >= 0.6 is 0 Å². The van der Waals surface area contributed by atoms with Gasteiger partial charge in [-0.15, -0.1) is 0 Å². The second-order valence-corrected chi connectivity index (χ2v) is 3.72. The predicted octanol–water partition coefficient (Wildman–Crippen LogP) is 1.72. The highest BCUT2D eigenvalue weighted by molar-refractivity contribution is 6.79. The summed E-state index contributed by atoms with van der Waals surface area (Å²) in [6, 6.07) is 12.2. The molecule has 0 bridgehead atoms. The fourth-order valence-electron chi connectivity index (χ4n) is 1.74. The van der Waals surface area contributed by atoms with E-state index < -0.39 is 0 Å². The van der Waals surface area contributed by atoms with E-state index in [0.29, 0.717) is 0 Å². The minimum Gasteiger partial charge on any atom is -0.430 e. The van der Waals surface area contributed by atoms with Crippen LogP contribution < -0.4 is 10.9 Å². The standard InChI is InChI=1S/C13H11BF2O/c1-17-14(10-2-6-12(15)7-3-10)11-4-8-13(16)9-5-11/h2-9H,1H3. The molecule has 0 aliphatic heterocycles. The maximum Gasteiger partial charge on any atom is 0.361 e. The van der Waals surface area contributed by atoms with Gasteiger partial charge in [-0.05, 0) is 35.2 Å². The maximum absolute atomic E-state index is 12.8. The van der Waals surface area contributed by atoms with Crippen LogP contribution in [0.5, 0.6) is 0 Å². The van der Waals surface area contributed by atoms with Crippen molar-refractivity contribution in [3.63, 3.8) is 0 Å². The molecule has 2 rings (SSSR count). The highest BCUT2D eigenvalue weighted by Crippen LogP contribution is 1.98. The Hall–Kier alpha value is -1.68. The number of halogens is 2. The topological polar surface area (TPSA) is 9.23 Å². The number of hydrogen-bond acceptors (Lipinski definition) is 1. The zero-order valence-corrected chi connectivity index (χ0v) is 9.36. The van der Waals surface area contributed by atoms with Crippen molar-refractivity contribution in [2.45, 2.75) is 0 Å². The summed E-state index contributed by atoms with van der Waals surface area (Å²) in [4.78, 5) is 0. The van der Waals surface area contributed by atoms with Gasteiger partial charge in [0.05, 0.1) is 0 Å². The summed E-state index contributed by atoms with van der Waals surface area (Å²) in [7, 11) is 1.57. The Kier molecular flexibility index (Phi) is 3.54. The first-order valence-electron chi connectivity index (χ1n) is 5.24. The summed E-state index contributed by atoms with van der Waals surface area (Å²) in [5, 5.41) is 0. The van der Waals surface area contributed by atoms with Crippen molar-refractivity contribution in [1.29, 1.82) is 0 Å². The maximum atomic E-state index is 12.8. The smallest absolute Gasteiger partial charge is 0.361 e. The summed E-state index contributed by atoms with van der Waals surface area (Å²) in [5.41, 5.74) is 1.67. The first-order valence-corrected chi connectivity index (χ1v) is 5.24. The molecular formula is C13H11BF2O. The third kappa shape index (κ3) is 2.71. The van der Waals surface area contributed by atoms with Gasteiger partial charge in [0.2, 0.25) is 0 Å². The van der Waals surface area contributed by atoms with Crippen molar-refractivity contribution in [1.82, 2.24) is 0 Å². The molecule has 0 N–H and O–H groups in total. The fraction of sp³-hybridized carbons (Fsp3) is 0.0769. The van der Waals surface area contributed by atoms with Gasteiger partial charge in [-0.2, -0.15) is 0 Å². The quantitative estimate of drug-likeness (QED) is 0.732. The van der Waals surface area contributed by atoms with Gasteiger partial charge in [-0.25, -0.2) is 8.78 Å². The Labute approximate surface area is 99.2 Å². The number of benzene rings is 2. The van der Waals surface area contributed by atoms with Gasteiger partial charge < -0.3 is 4.65 Å². The van der Waals surface area contributed by atoms with Crippen LogP contribution in [0.4, 0.5) is 8.78 Å². The molecule has 0 unspecified atom stereocenters. The van der Waals surface area contributed by atoms with Crippen molar-refractivity contribution in [3.8, 4) is 0 Å². The Balaban J connectivity index is 2.33. The van der Waals surface area contributed by atoms with Crippen molar-refractivity contribution < 1.29 is 13.4 Å². The van der Waals surface area contributed by atoms with Crippen LogP contribution in [0.25, 0.3) is 0 Å².